The fraction of sp³-hybridized carbons (Fsp3) is 0.400. The third-order valence-corrected chi connectivity index (χ3v) is 6.67. The molecular formula is C25H29N3O3. The van der Waals surface area contributed by atoms with Crippen molar-refractivity contribution in [3.8, 4) is 0 Å². The molecule has 2 aliphatic heterocycles. The molecule has 2 fully saturated rings. The van der Waals surface area contributed by atoms with E-state index < -0.39 is 11.9 Å². The molecule has 2 N–H and O–H groups in total. The van der Waals surface area contributed by atoms with Gasteiger partial charge in [0.15, 0.2) is 0 Å². The maximum absolute atomic E-state index is 13.1. The van der Waals surface area contributed by atoms with Gasteiger partial charge in [0.1, 0.15) is 6.04 Å². The summed E-state index contributed by atoms with van der Waals surface area (Å²) in [5.41, 5.74) is 7.40. The largest absolute Gasteiger partial charge is 0.368 e. The molecule has 0 bridgehead atoms. The molecule has 0 aromatic heterocycles. The third-order valence-electron chi connectivity index (χ3n) is 6.67. The number of amides is 3. The van der Waals surface area contributed by atoms with Gasteiger partial charge in [0.25, 0.3) is 5.91 Å². The highest BCUT2D eigenvalue weighted by Gasteiger charge is 2.39. The van der Waals surface area contributed by atoms with Crippen molar-refractivity contribution in [1.82, 2.24) is 9.80 Å². The van der Waals surface area contributed by atoms with Gasteiger partial charge in [-0.05, 0) is 42.4 Å². The van der Waals surface area contributed by atoms with Crippen molar-refractivity contribution in [2.75, 3.05) is 19.6 Å². The first-order chi connectivity index (χ1) is 15.0. The number of hydrogen-bond donors (Lipinski definition) is 1. The van der Waals surface area contributed by atoms with Crippen LogP contribution in [0.2, 0.25) is 0 Å². The minimum atomic E-state index is -0.642. The number of likely N-dealkylation sites (tertiary alicyclic amines) is 2. The van der Waals surface area contributed by atoms with E-state index in [4.69, 9.17) is 5.73 Å². The summed E-state index contributed by atoms with van der Waals surface area (Å²) in [7, 11) is 0. The maximum Gasteiger partial charge on any atom is 0.253 e. The molecule has 2 heterocycles. The fourth-order valence-corrected chi connectivity index (χ4v) is 4.93. The first-order valence-electron chi connectivity index (χ1n) is 11.0. The second-order valence-electron chi connectivity index (χ2n) is 8.61. The molecule has 0 aliphatic carbocycles. The quantitative estimate of drug-likeness (QED) is 0.808. The number of hydrogen-bond acceptors (Lipinski definition) is 3. The van der Waals surface area contributed by atoms with Gasteiger partial charge in [0.2, 0.25) is 11.8 Å². The van der Waals surface area contributed by atoms with Gasteiger partial charge < -0.3 is 15.5 Å². The SMILES string of the molecule is NC(=O)[C@H](Cc1ccccc1)N1CC[C@@H]2CN(C(=O)c3ccccc3)CC[C@H]2CC1=O. The molecule has 3 amide bonds. The van der Waals surface area contributed by atoms with E-state index in [1.165, 1.54) is 0 Å². The van der Waals surface area contributed by atoms with Crippen molar-refractivity contribution in [3.05, 3.63) is 71.8 Å². The Balaban J connectivity index is 1.45. The summed E-state index contributed by atoms with van der Waals surface area (Å²) in [5.74, 6) is 0.0618. The second-order valence-corrected chi connectivity index (χ2v) is 8.61. The summed E-state index contributed by atoms with van der Waals surface area (Å²) in [6, 6.07) is 18.4. The molecule has 31 heavy (non-hydrogen) atoms. The summed E-state index contributed by atoms with van der Waals surface area (Å²) in [6.45, 7) is 1.80. The molecule has 2 aromatic rings. The molecule has 0 unspecified atom stereocenters. The lowest BCUT2D eigenvalue weighted by atomic mass is 9.82. The number of piperidine rings is 1. The zero-order valence-electron chi connectivity index (χ0n) is 17.7. The highest BCUT2D eigenvalue weighted by molar-refractivity contribution is 5.94. The minimum Gasteiger partial charge on any atom is -0.368 e. The highest BCUT2D eigenvalue weighted by atomic mass is 16.2. The Morgan fingerprint density at radius 1 is 0.935 bits per heavy atom. The van der Waals surface area contributed by atoms with Gasteiger partial charge in [-0.2, -0.15) is 0 Å². The molecular weight excluding hydrogens is 390 g/mol. The van der Waals surface area contributed by atoms with Gasteiger partial charge in [0, 0.05) is 38.0 Å². The Morgan fingerprint density at radius 2 is 1.58 bits per heavy atom. The standard InChI is InChI=1S/C25H29N3O3/c26-24(30)22(15-18-7-3-1-4-8-18)28-14-12-21-17-27(13-11-20(21)16-23(28)29)25(31)19-9-5-2-6-10-19/h1-10,20-22H,11-17H2,(H2,26,30)/t20-,21+,22-/m0/s1. The van der Waals surface area contributed by atoms with Crippen molar-refractivity contribution >= 4 is 17.7 Å². The Kier molecular flexibility index (Phi) is 6.35. The van der Waals surface area contributed by atoms with Crippen LogP contribution in [0.1, 0.15) is 35.2 Å². The van der Waals surface area contributed by atoms with Crippen molar-refractivity contribution < 1.29 is 14.4 Å². The van der Waals surface area contributed by atoms with Crippen LogP contribution in [0.25, 0.3) is 0 Å². The van der Waals surface area contributed by atoms with E-state index in [-0.39, 0.29) is 23.7 Å². The molecule has 2 saturated heterocycles. The van der Waals surface area contributed by atoms with Crippen molar-refractivity contribution in [2.45, 2.75) is 31.7 Å². The van der Waals surface area contributed by atoms with Crippen LogP contribution in [0.5, 0.6) is 0 Å². The summed E-state index contributed by atoms with van der Waals surface area (Å²) in [4.78, 5) is 41.8. The molecule has 0 saturated carbocycles. The average molecular weight is 420 g/mol. The summed E-state index contributed by atoms with van der Waals surface area (Å²) in [6.07, 6.45) is 2.42. The van der Waals surface area contributed by atoms with Gasteiger partial charge in [-0.15, -0.1) is 0 Å². The van der Waals surface area contributed by atoms with Crippen LogP contribution in [0.3, 0.4) is 0 Å². The lowest BCUT2D eigenvalue weighted by Gasteiger charge is -2.37. The predicted molar refractivity (Wildman–Crippen MR) is 118 cm³/mol. The Hall–Kier alpha value is -3.15. The maximum atomic E-state index is 13.1. The number of rotatable bonds is 5. The average Bonchev–Trinajstić information content (AvgIpc) is 2.95. The number of carbonyl (C=O) groups is 3. The number of nitrogens with two attached hydrogens (primary N) is 1. The second kappa shape index (κ2) is 9.33. The fourth-order valence-electron chi connectivity index (χ4n) is 4.93. The van der Waals surface area contributed by atoms with Crippen molar-refractivity contribution in [3.63, 3.8) is 0 Å². The first-order valence-corrected chi connectivity index (χ1v) is 11.0. The Labute approximate surface area is 183 Å². The van der Waals surface area contributed by atoms with Crippen LogP contribution < -0.4 is 5.73 Å². The molecule has 6 nitrogen and oxygen atoms in total. The molecule has 4 rings (SSSR count). The molecule has 0 spiro atoms. The topological polar surface area (TPSA) is 83.7 Å². The Morgan fingerprint density at radius 3 is 2.26 bits per heavy atom. The number of nitrogens with zero attached hydrogens (tertiary/aromatic N) is 2. The normalized spacial score (nSPS) is 22.4. The van der Waals surface area contributed by atoms with Crippen molar-refractivity contribution in [2.24, 2.45) is 17.6 Å². The molecule has 2 aromatic carbocycles. The first kappa shape index (κ1) is 21.1. The Bertz CT molecular complexity index is 932. The van der Waals surface area contributed by atoms with Crippen molar-refractivity contribution in [1.29, 1.82) is 0 Å². The van der Waals surface area contributed by atoms with Gasteiger partial charge in [0.05, 0.1) is 0 Å². The van der Waals surface area contributed by atoms with E-state index in [1.54, 1.807) is 4.90 Å². The molecule has 3 atom stereocenters. The van der Waals surface area contributed by atoms with E-state index in [1.807, 2.05) is 65.6 Å². The van der Waals surface area contributed by atoms with Gasteiger partial charge in [-0.1, -0.05) is 48.5 Å². The number of benzene rings is 2. The van der Waals surface area contributed by atoms with E-state index in [0.29, 0.717) is 38.0 Å². The lowest BCUT2D eigenvalue weighted by molar-refractivity contribution is -0.139. The monoisotopic (exact) mass is 419 g/mol. The van der Waals surface area contributed by atoms with Crippen LogP contribution in [-0.2, 0) is 16.0 Å². The van der Waals surface area contributed by atoms with E-state index in [9.17, 15) is 14.4 Å². The molecule has 2 aliphatic rings. The lowest BCUT2D eigenvalue weighted by Crippen LogP contribution is -2.49. The van der Waals surface area contributed by atoms with Crippen LogP contribution in [0.4, 0.5) is 0 Å². The van der Waals surface area contributed by atoms with E-state index in [2.05, 4.69) is 0 Å². The summed E-state index contributed by atoms with van der Waals surface area (Å²) in [5, 5.41) is 0. The molecule has 6 heteroatoms. The number of fused-ring (bicyclic) bond motifs is 1. The molecule has 162 valence electrons. The van der Waals surface area contributed by atoms with Gasteiger partial charge >= 0.3 is 0 Å². The highest BCUT2D eigenvalue weighted by Crippen LogP contribution is 2.33. The summed E-state index contributed by atoms with van der Waals surface area (Å²) >= 11 is 0. The number of primary amides is 1. The third kappa shape index (κ3) is 4.79. The smallest absolute Gasteiger partial charge is 0.253 e. The number of carbonyl (C=O) groups excluding carboxylic acids is 3. The van der Waals surface area contributed by atoms with Gasteiger partial charge in [-0.25, -0.2) is 0 Å². The summed E-state index contributed by atoms with van der Waals surface area (Å²) < 4.78 is 0. The van der Waals surface area contributed by atoms with Gasteiger partial charge in [-0.3, -0.25) is 14.4 Å². The minimum absolute atomic E-state index is 0.00457. The molecule has 0 radical (unpaired) electrons. The zero-order chi connectivity index (χ0) is 21.8. The van der Waals surface area contributed by atoms with E-state index in [0.717, 1.165) is 18.4 Å². The van der Waals surface area contributed by atoms with Crippen LogP contribution in [-0.4, -0.2) is 53.2 Å². The zero-order valence-corrected chi connectivity index (χ0v) is 17.7. The van der Waals surface area contributed by atoms with Crippen LogP contribution in [0, 0.1) is 11.8 Å². The van der Waals surface area contributed by atoms with Crippen LogP contribution >= 0.6 is 0 Å². The van der Waals surface area contributed by atoms with E-state index >= 15 is 0 Å². The predicted octanol–water partition coefficient (Wildman–Crippen LogP) is 2.48. The van der Waals surface area contributed by atoms with Crippen LogP contribution in [0.15, 0.2) is 60.7 Å².